The van der Waals surface area contributed by atoms with Crippen LogP contribution in [0.15, 0.2) is 30.9 Å². The maximum Gasteiger partial charge on any atom is 0.338 e. The largest absolute Gasteiger partial charge is 0.465 e. The molecule has 0 saturated heterocycles. The number of rotatable bonds is 2. The van der Waals surface area contributed by atoms with E-state index in [0.717, 1.165) is 5.69 Å². The van der Waals surface area contributed by atoms with E-state index in [1.54, 1.807) is 29.2 Å². The molecule has 2 aromatic heterocycles. The lowest BCUT2D eigenvalue weighted by molar-refractivity contribution is 0.0600. The molecule has 0 radical (unpaired) electrons. The van der Waals surface area contributed by atoms with Crippen molar-refractivity contribution >= 4 is 5.97 Å². The number of methoxy groups -OCH3 is 1. The zero-order valence-corrected chi connectivity index (χ0v) is 9.04. The van der Waals surface area contributed by atoms with Crippen molar-refractivity contribution in [3.63, 3.8) is 0 Å². The number of hydrogen-bond donors (Lipinski definition) is 0. The number of esters is 1. The van der Waals surface area contributed by atoms with Gasteiger partial charge in [0.25, 0.3) is 0 Å². The van der Waals surface area contributed by atoms with Gasteiger partial charge in [-0.2, -0.15) is 0 Å². The predicted molar refractivity (Wildman–Crippen MR) is 57.4 cm³/mol. The molecule has 0 aromatic carbocycles. The molecule has 2 rings (SSSR count). The van der Waals surface area contributed by atoms with Gasteiger partial charge in [-0.1, -0.05) is 0 Å². The van der Waals surface area contributed by atoms with E-state index in [2.05, 4.69) is 14.7 Å². The molecule has 82 valence electrons. The standard InChI is InChI=1S/C11H11N3O2/c1-8-6-14(7-13-8)10-5-9(3-4-12-10)11(15)16-2/h3-7H,1-2H3. The fourth-order valence-electron chi connectivity index (χ4n) is 1.35. The van der Waals surface area contributed by atoms with Gasteiger partial charge in [0.05, 0.1) is 18.4 Å². The summed E-state index contributed by atoms with van der Waals surface area (Å²) in [6, 6.07) is 3.27. The summed E-state index contributed by atoms with van der Waals surface area (Å²) in [5, 5.41) is 0. The molecule has 2 heterocycles. The average Bonchev–Trinajstić information content (AvgIpc) is 2.75. The fourth-order valence-corrected chi connectivity index (χ4v) is 1.35. The summed E-state index contributed by atoms with van der Waals surface area (Å²) < 4.78 is 6.39. The number of hydrogen-bond acceptors (Lipinski definition) is 4. The molecule has 5 heteroatoms. The molecule has 0 bridgehead atoms. The lowest BCUT2D eigenvalue weighted by Gasteiger charge is -2.03. The number of aryl methyl sites for hydroxylation is 1. The van der Waals surface area contributed by atoms with E-state index in [0.29, 0.717) is 11.4 Å². The Balaban J connectivity index is 2.39. The Labute approximate surface area is 92.7 Å². The smallest absolute Gasteiger partial charge is 0.338 e. The summed E-state index contributed by atoms with van der Waals surface area (Å²) in [5.41, 5.74) is 1.36. The third-order valence-corrected chi connectivity index (χ3v) is 2.14. The number of pyridine rings is 1. The minimum atomic E-state index is -0.375. The summed E-state index contributed by atoms with van der Waals surface area (Å²) >= 11 is 0. The summed E-state index contributed by atoms with van der Waals surface area (Å²) in [6.07, 6.45) is 5.05. The lowest BCUT2D eigenvalue weighted by Crippen LogP contribution is -2.03. The van der Waals surface area contributed by atoms with Crippen molar-refractivity contribution in [3.05, 3.63) is 42.1 Å². The van der Waals surface area contributed by atoms with E-state index < -0.39 is 0 Å². The van der Waals surface area contributed by atoms with Crippen molar-refractivity contribution in [2.75, 3.05) is 7.11 Å². The normalized spacial score (nSPS) is 10.1. The average molecular weight is 217 g/mol. The zero-order valence-electron chi connectivity index (χ0n) is 9.04. The second-order valence-electron chi connectivity index (χ2n) is 3.32. The molecule has 2 aromatic rings. The second kappa shape index (κ2) is 4.14. The third kappa shape index (κ3) is 1.93. The van der Waals surface area contributed by atoms with E-state index in [1.165, 1.54) is 7.11 Å². The minimum Gasteiger partial charge on any atom is -0.465 e. The first-order chi connectivity index (χ1) is 7.70. The number of nitrogens with zero attached hydrogens (tertiary/aromatic N) is 3. The van der Waals surface area contributed by atoms with Crippen molar-refractivity contribution in [2.24, 2.45) is 0 Å². The quantitative estimate of drug-likeness (QED) is 0.713. The van der Waals surface area contributed by atoms with Gasteiger partial charge in [-0.3, -0.25) is 4.57 Å². The minimum absolute atomic E-state index is 0.375. The van der Waals surface area contributed by atoms with Gasteiger partial charge < -0.3 is 4.74 Å². The summed E-state index contributed by atoms with van der Waals surface area (Å²) in [6.45, 7) is 1.89. The zero-order chi connectivity index (χ0) is 11.5. The van der Waals surface area contributed by atoms with Crippen molar-refractivity contribution < 1.29 is 9.53 Å². The molecule has 0 atom stereocenters. The highest BCUT2D eigenvalue weighted by Crippen LogP contribution is 2.08. The summed E-state index contributed by atoms with van der Waals surface area (Å²) in [4.78, 5) is 19.6. The Morgan fingerprint density at radius 3 is 2.88 bits per heavy atom. The van der Waals surface area contributed by atoms with Gasteiger partial charge in [-0.05, 0) is 19.1 Å². The Bertz CT molecular complexity index is 519. The van der Waals surface area contributed by atoms with E-state index in [1.807, 2.05) is 13.1 Å². The van der Waals surface area contributed by atoms with Gasteiger partial charge in [-0.25, -0.2) is 14.8 Å². The van der Waals surface area contributed by atoms with Crippen molar-refractivity contribution in [2.45, 2.75) is 6.92 Å². The molecule has 0 aliphatic heterocycles. The lowest BCUT2D eigenvalue weighted by atomic mass is 10.2. The monoisotopic (exact) mass is 217 g/mol. The molecule has 0 N–H and O–H groups in total. The van der Waals surface area contributed by atoms with Crippen LogP contribution < -0.4 is 0 Å². The van der Waals surface area contributed by atoms with Gasteiger partial charge in [0.15, 0.2) is 0 Å². The molecule has 5 nitrogen and oxygen atoms in total. The molecular formula is C11H11N3O2. The molecule has 0 amide bonds. The SMILES string of the molecule is COC(=O)c1ccnc(-n2cnc(C)c2)c1. The third-order valence-electron chi connectivity index (χ3n) is 2.14. The van der Waals surface area contributed by atoms with Crippen molar-refractivity contribution in [1.29, 1.82) is 0 Å². The number of carbonyl (C=O) groups excluding carboxylic acids is 1. The Kier molecular flexibility index (Phi) is 2.68. The number of aromatic nitrogens is 3. The van der Waals surface area contributed by atoms with Crippen molar-refractivity contribution in [3.8, 4) is 5.82 Å². The molecule has 0 fully saturated rings. The van der Waals surface area contributed by atoms with E-state index >= 15 is 0 Å². The highest BCUT2D eigenvalue weighted by Gasteiger charge is 2.07. The number of ether oxygens (including phenoxy) is 1. The van der Waals surface area contributed by atoms with Gasteiger partial charge in [0.2, 0.25) is 0 Å². The number of carbonyl (C=O) groups is 1. The van der Waals surface area contributed by atoms with Crippen LogP contribution in [0.2, 0.25) is 0 Å². The van der Waals surface area contributed by atoms with E-state index in [-0.39, 0.29) is 5.97 Å². The van der Waals surface area contributed by atoms with E-state index in [9.17, 15) is 4.79 Å². The molecule has 0 saturated carbocycles. The molecule has 0 unspecified atom stereocenters. The topological polar surface area (TPSA) is 57.0 Å². The fraction of sp³-hybridized carbons (Fsp3) is 0.182. The van der Waals surface area contributed by atoms with Crippen LogP contribution in [0.1, 0.15) is 16.1 Å². The maximum atomic E-state index is 11.3. The first-order valence-electron chi connectivity index (χ1n) is 4.76. The highest BCUT2D eigenvalue weighted by molar-refractivity contribution is 5.89. The van der Waals surface area contributed by atoms with Crippen LogP contribution in [-0.4, -0.2) is 27.6 Å². The van der Waals surface area contributed by atoms with Gasteiger partial charge in [0.1, 0.15) is 12.1 Å². The van der Waals surface area contributed by atoms with Gasteiger partial charge in [-0.15, -0.1) is 0 Å². The Morgan fingerprint density at radius 1 is 1.44 bits per heavy atom. The molecule has 0 spiro atoms. The van der Waals surface area contributed by atoms with Crippen LogP contribution >= 0.6 is 0 Å². The Morgan fingerprint density at radius 2 is 2.25 bits per heavy atom. The summed E-state index contributed by atoms with van der Waals surface area (Å²) in [7, 11) is 1.35. The predicted octanol–water partition coefficient (Wildman–Crippen LogP) is 1.36. The maximum absolute atomic E-state index is 11.3. The van der Waals surface area contributed by atoms with Gasteiger partial charge in [0, 0.05) is 12.4 Å². The van der Waals surface area contributed by atoms with Crippen molar-refractivity contribution in [1.82, 2.24) is 14.5 Å². The van der Waals surface area contributed by atoms with Crippen LogP contribution in [0.4, 0.5) is 0 Å². The molecule has 0 aliphatic rings. The Hall–Kier alpha value is -2.17. The first kappa shape index (κ1) is 10.4. The number of imidazole rings is 1. The summed E-state index contributed by atoms with van der Waals surface area (Å²) in [5.74, 6) is 0.268. The molecular weight excluding hydrogens is 206 g/mol. The highest BCUT2D eigenvalue weighted by atomic mass is 16.5. The first-order valence-corrected chi connectivity index (χ1v) is 4.76. The second-order valence-corrected chi connectivity index (χ2v) is 3.32. The molecule has 16 heavy (non-hydrogen) atoms. The van der Waals surface area contributed by atoms with Crippen LogP contribution in [0.5, 0.6) is 0 Å². The van der Waals surface area contributed by atoms with E-state index in [4.69, 9.17) is 0 Å². The van der Waals surface area contributed by atoms with Crippen LogP contribution in [-0.2, 0) is 4.74 Å². The van der Waals surface area contributed by atoms with Gasteiger partial charge >= 0.3 is 5.97 Å². The van der Waals surface area contributed by atoms with Crippen LogP contribution in [0.3, 0.4) is 0 Å². The molecule has 0 aliphatic carbocycles. The van der Waals surface area contributed by atoms with Crippen LogP contribution in [0, 0.1) is 6.92 Å². The van der Waals surface area contributed by atoms with Crippen LogP contribution in [0.25, 0.3) is 5.82 Å².